The zero-order chi connectivity index (χ0) is 17.1. The molecule has 0 saturated heterocycles. The van der Waals surface area contributed by atoms with Crippen molar-refractivity contribution < 1.29 is 19.1 Å². The van der Waals surface area contributed by atoms with Crippen LogP contribution < -0.4 is 20.5 Å². The van der Waals surface area contributed by atoms with Gasteiger partial charge < -0.3 is 20.5 Å². The quantitative estimate of drug-likeness (QED) is 0.786. The van der Waals surface area contributed by atoms with Crippen LogP contribution in [0.15, 0.2) is 52.6 Å². The van der Waals surface area contributed by atoms with Crippen molar-refractivity contribution >= 4 is 33.8 Å². The van der Waals surface area contributed by atoms with E-state index in [9.17, 15) is 9.59 Å². The van der Waals surface area contributed by atoms with Crippen LogP contribution in [0, 0.1) is 0 Å². The molecule has 0 atom stereocenters. The summed E-state index contributed by atoms with van der Waals surface area (Å²) in [5, 5.41) is 2.54. The minimum Gasteiger partial charge on any atom is -0.454 e. The molecule has 2 amide bonds. The Kier molecular flexibility index (Phi) is 4.52. The van der Waals surface area contributed by atoms with Gasteiger partial charge in [0.05, 0.1) is 5.56 Å². The predicted octanol–water partition coefficient (Wildman–Crippen LogP) is 2.43. The number of ether oxygens (including phenoxy) is 2. The summed E-state index contributed by atoms with van der Waals surface area (Å²) < 4.78 is 11.1. The van der Waals surface area contributed by atoms with Crippen molar-refractivity contribution in [2.45, 2.75) is 0 Å². The first kappa shape index (κ1) is 16.1. The normalized spacial score (nSPS) is 12.8. The molecule has 1 aliphatic rings. The summed E-state index contributed by atoms with van der Waals surface area (Å²) in [6.07, 6.45) is 1.49. The van der Waals surface area contributed by atoms with E-state index < -0.39 is 11.8 Å². The van der Waals surface area contributed by atoms with Crippen LogP contribution >= 0.6 is 15.9 Å². The summed E-state index contributed by atoms with van der Waals surface area (Å²) in [5.41, 5.74) is 6.40. The number of nitrogens with two attached hydrogens (primary N) is 1. The Morgan fingerprint density at radius 2 is 1.88 bits per heavy atom. The number of primary amides is 1. The minimum absolute atomic E-state index is 0.0189. The molecule has 0 unspecified atom stereocenters. The van der Waals surface area contributed by atoms with Gasteiger partial charge in [-0.25, -0.2) is 0 Å². The Balaban J connectivity index is 1.86. The Labute approximate surface area is 146 Å². The maximum Gasteiger partial charge on any atom is 0.265 e. The molecule has 1 heterocycles. The van der Waals surface area contributed by atoms with Crippen molar-refractivity contribution in [1.29, 1.82) is 0 Å². The average molecular weight is 389 g/mol. The number of halogens is 1. The van der Waals surface area contributed by atoms with E-state index in [0.29, 0.717) is 27.1 Å². The summed E-state index contributed by atoms with van der Waals surface area (Å²) in [4.78, 5) is 24.0. The Morgan fingerprint density at radius 1 is 1.12 bits per heavy atom. The lowest BCUT2D eigenvalue weighted by molar-refractivity contribution is -0.114. The number of carbonyl (C=O) groups excluding carboxylic acids is 2. The molecule has 0 bridgehead atoms. The number of amides is 2. The zero-order valence-corrected chi connectivity index (χ0v) is 14.0. The maximum absolute atomic E-state index is 12.3. The largest absolute Gasteiger partial charge is 0.454 e. The molecule has 6 nitrogen and oxygen atoms in total. The Hall–Kier alpha value is -2.80. The smallest absolute Gasteiger partial charge is 0.265 e. The molecule has 0 fully saturated rings. The molecule has 7 heteroatoms. The van der Waals surface area contributed by atoms with Crippen molar-refractivity contribution in [3.63, 3.8) is 0 Å². The second kappa shape index (κ2) is 6.76. The van der Waals surface area contributed by atoms with E-state index in [1.807, 2.05) is 0 Å². The van der Waals surface area contributed by atoms with Gasteiger partial charge >= 0.3 is 0 Å². The van der Waals surface area contributed by atoms with Crippen LogP contribution in [0.3, 0.4) is 0 Å². The third-order valence-corrected chi connectivity index (χ3v) is 4.03. The van der Waals surface area contributed by atoms with E-state index in [-0.39, 0.29) is 12.5 Å². The lowest BCUT2D eigenvalue weighted by Gasteiger charge is -2.08. The first-order valence-electron chi connectivity index (χ1n) is 7.01. The number of fused-ring (bicyclic) bond motifs is 1. The van der Waals surface area contributed by atoms with Gasteiger partial charge in [-0.1, -0.05) is 18.2 Å². The molecule has 0 aliphatic carbocycles. The number of carbonyl (C=O) groups is 2. The fourth-order valence-electron chi connectivity index (χ4n) is 2.17. The summed E-state index contributed by atoms with van der Waals surface area (Å²) in [6, 6.07) is 12.1. The third kappa shape index (κ3) is 3.41. The van der Waals surface area contributed by atoms with Gasteiger partial charge in [0.2, 0.25) is 6.79 Å². The van der Waals surface area contributed by atoms with Crippen LogP contribution in [0.25, 0.3) is 6.08 Å². The fourth-order valence-corrected chi connectivity index (χ4v) is 2.64. The number of nitrogens with one attached hydrogen (secondary N) is 1. The van der Waals surface area contributed by atoms with E-state index in [4.69, 9.17) is 15.2 Å². The van der Waals surface area contributed by atoms with Gasteiger partial charge in [0.25, 0.3) is 11.8 Å². The monoisotopic (exact) mass is 388 g/mol. The van der Waals surface area contributed by atoms with E-state index in [1.165, 1.54) is 6.08 Å². The molecule has 0 aromatic heterocycles. The third-order valence-electron chi connectivity index (χ3n) is 3.34. The van der Waals surface area contributed by atoms with Crippen LogP contribution in [0.5, 0.6) is 11.5 Å². The average Bonchev–Trinajstić information content (AvgIpc) is 3.02. The van der Waals surface area contributed by atoms with Gasteiger partial charge in [-0.05, 0) is 51.8 Å². The molecule has 0 radical (unpaired) electrons. The van der Waals surface area contributed by atoms with Crippen molar-refractivity contribution in [2.24, 2.45) is 5.73 Å². The molecule has 3 rings (SSSR count). The molecular formula is C17H13BrN2O4. The first-order chi connectivity index (χ1) is 11.5. The van der Waals surface area contributed by atoms with Crippen LogP contribution in [-0.4, -0.2) is 18.6 Å². The van der Waals surface area contributed by atoms with Gasteiger partial charge in [-0.3, -0.25) is 9.59 Å². The summed E-state index contributed by atoms with van der Waals surface area (Å²) in [7, 11) is 0. The fraction of sp³-hybridized carbons (Fsp3) is 0.0588. The number of rotatable bonds is 4. The van der Waals surface area contributed by atoms with E-state index >= 15 is 0 Å². The molecule has 0 saturated carbocycles. The maximum atomic E-state index is 12.3. The highest BCUT2D eigenvalue weighted by Crippen LogP contribution is 2.33. The lowest BCUT2D eigenvalue weighted by Crippen LogP contribution is -2.31. The van der Waals surface area contributed by atoms with Crippen molar-refractivity contribution in [3.8, 4) is 11.5 Å². The van der Waals surface area contributed by atoms with Crippen LogP contribution in [-0.2, 0) is 4.79 Å². The Morgan fingerprint density at radius 3 is 2.62 bits per heavy atom. The summed E-state index contributed by atoms with van der Waals surface area (Å²) in [6.45, 7) is 0.157. The van der Waals surface area contributed by atoms with E-state index in [0.717, 1.165) is 0 Å². The second-order valence-corrected chi connectivity index (χ2v) is 5.82. The topological polar surface area (TPSA) is 90.7 Å². The van der Waals surface area contributed by atoms with E-state index in [1.54, 1.807) is 42.5 Å². The highest BCUT2D eigenvalue weighted by Gasteiger charge is 2.16. The zero-order valence-electron chi connectivity index (χ0n) is 12.4. The molecule has 122 valence electrons. The molecule has 1 aliphatic heterocycles. The SMILES string of the molecule is NC(=O)/C(=C\c1ccc2c(c1)OCO2)NC(=O)c1ccccc1Br. The van der Waals surface area contributed by atoms with E-state index in [2.05, 4.69) is 21.2 Å². The van der Waals surface area contributed by atoms with Crippen molar-refractivity contribution in [3.05, 3.63) is 63.8 Å². The van der Waals surface area contributed by atoms with Gasteiger partial charge in [0.1, 0.15) is 5.70 Å². The van der Waals surface area contributed by atoms with Gasteiger partial charge in [0.15, 0.2) is 11.5 Å². The van der Waals surface area contributed by atoms with Crippen LogP contribution in [0.2, 0.25) is 0 Å². The molecule has 24 heavy (non-hydrogen) atoms. The lowest BCUT2D eigenvalue weighted by atomic mass is 10.1. The molecule has 3 N–H and O–H groups in total. The van der Waals surface area contributed by atoms with Gasteiger partial charge in [-0.15, -0.1) is 0 Å². The number of hydrogen-bond acceptors (Lipinski definition) is 4. The highest BCUT2D eigenvalue weighted by molar-refractivity contribution is 9.10. The predicted molar refractivity (Wildman–Crippen MR) is 91.3 cm³/mol. The second-order valence-electron chi connectivity index (χ2n) is 4.97. The molecule has 0 spiro atoms. The number of hydrogen-bond donors (Lipinski definition) is 2. The molecule has 2 aromatic carbocycles. The minimum atomic E-state index is -0.743. The summed E-state index contributed by atoms with van der Waals surface area (Å²) >= 11 is 3.30. The first-order valence-corrected chi connectivity index (χ1v) is 7.81. The van der Waals surface area contributed by atoms with Gasteiger partial charge in [-0.2, -0.15) is 0 Å². The standard InChI is InChI=1S/C17H13BrN2O4/c18-12-4-2-1-3-11(12)17(22)20-13(16(19)21)7-10-5-6-14-15(8-10)24-9-23-14/h1-8H,9H2,(H2,19,21)(H,20,22)/b13-7+. The number of benzene rings is 2. The molecule has 2 aromatic rings. The Bertz CT molecular complexity index is 848. The molecular weight excluding hydrogens is 376 g/mol. The van der Waals surface area contributed by atoms with Crippen LogP contribution in [0.4, 0.5) is 0 Å². The van der Waals surface area contributed by atoms with Crippen LogP contribution in [0.1, 0.15) is 15.9 Å². The highest BCUT2D eigenvalue weighted by atomic mass is 79.9. The van der Waals surface area contributed by atoms with Crippen molar-refractivity contribution in [1.82, 2.24) is 5.32 Å². The van der Waals surface area contributed by atoms with Crippen molar-refractivity contribution in [2.75, 3.05) is 6.79 Å². The summed E-state index contributed by atoms with van der Waals surface area (Å²) in [5.74, 6) is 0.0241. The van der Waals surface area contributed by atoms with Gasteiger partial charge in [0, 0.05) is 4.47 Å².